The van der Waals surface area contributed by atoms with Crippen LogP contribution in [0.5, 0.6) is 5.75 Å². The Balaban J connectivity index is 1.61. The Morgan fingerprint density at radius 2 is 1.93 bits per heavy atom. The number of hydrogen-bond acceptors (Lipinski definition) is 6. The van der Waals surface area contributed by atoms with Crippen LogP contribution in [0.1, 0.15) is 35.4 Å². The monoisotopic (exact) mass is 391 g/mol. The molecule has 1 aromatic carbocycles. The SMILES string of the molecule is Cc1noc(C)c1S(=O)(=O)N1CCOc2ccc(CN3CCCC3)cc2C1. The largest absolute Gasteiger partial charge is 0.492 e. The lowest BCUT2D eigenvalue weighted by Gasteiger charge is -2.20. The van der Waals surface area contributed by atoms with Crippen molar-refractivity contribution in [2.24, 2.45) is 0 Å². The third-order valence-corrected chi connectivity index (χ3v) is 7.33. The second-order valence-corrected chi connectivity index (χ2v) is 9.14. The summed E-state index contributed by atoms with van der Waals surface area (Å²) >= 11 is 0. The third-order valence-electron chi connectivity index (χ3n) is 5.24. The number of sulfonamides is 1. The highest BCUT2D eigenvalue weighted by Gasteiger charge is 2.33. The van der Waals surface area contributed by atoms with E-state index in [4.69, 9.17) is 9.26 Å². The van der Waals surface area contributed by atoms with Gasteiger partial charge in [-0.05, 0) is 57.5 Å². The fourth-order valence-electron chi connectivity index (χ4n) is 3.90. The molecule has 146 valence electrons. The molecule has 0 unspecified atom stereocenters. The van der Waals surface area contributed by atoms with Crippen LogP contribution in [0.15, 0.2) is 27.6 Å². The first-order chi connectivity index (χ1) is 12.9. The smallest absolute Gasteiger partial charge is 0.248 e. The van der Waals surface area contributed by atoms with Crippen LogP contribution in [-0.4, -0.2) is 49.0 Å². The Kier molecular flexibility index (Phi) is 4.96. The first kappa shape index (κ1) is 18.5. The van der Waals surface area contributed by atoms with E-state index < -0.39 is 10.0 Å². The van der Waals surface area contributed by atoms with Gasteiger partial charge in [0, 0.05) is 25.2 Å². The number of ether oxygens (including phenoxy) is 1. The highest BCUT2D eigenvalue weighted by molar-refractivity contribution is 7.89. The normalized spacial score (nSPS) is 18.9. The van der Waals surface area contributed by atoms with E-state index in [1.807, 2.05) is 6.07 Å². The summed E-state index contributed by atoms with van der Waals surface area (Å²) in [7, 11) is -3.69. The maximum atomic E-state index is 13.2. The molecule has 0 atom stereocenters. The van der Waals surface area contributed by atoms with Gasteiger partial charge in [0.05, 0.1) is 0 Å². The van der Waals surface area contributed by atoms with Crippen molar-refractivity contribution in [3.63, 3.8) is 0 Å². The van der Waals surface area contributed by atoms with Gasteiger partial charge in [0.25, 0.3) is 0 Å². The van der Waals surface area contributed by atoms with Crippen LogP contribution in [0, 0.1) is 13.8 Å². The number of benzene rings is 1. The lowest BCUT2D eigenvalue weighted by atomic mass is 10.1. The van der Waals surface area contributed by atoms with Crippen molar-refractivity contribution in [3.05, 3.63) is 40.8 Å². The molecule has 1 saturated heterocycles. The van der Waals surface area contributed by atoms with Crippen molar-refractivity contribution in [1.82, 2.24) is 14.4 Å². The van der Waals surface area contributed by atoms with Crippen LogP contribution >= 0.6 is 0 Å². The summed E-state index contributed by atoms with van der Waals surface area (Å²) in [5.74, 6) is 1.08. The maximum Gasteiger partial charge on any atom is 0.248 e. The predicted octanol–water partition coefficient (Wildman–Crippen LogP) is 2.47. The molecule has 8 heteroatoms. The van der Waals surface area contributed by atoms with Gasteiger partial charge in [0.15, 0.2) is 5.76 Å². The molecule has 0 saturated carbocycles. The van der Waals surface area contributed by atoms with E-state index in [9.17, 15) is 8.42 Å². The van der Waals surface area contributed by atoms with Crippen molar-refractivity contribution in [1.29, 1.82) is 0 Å². The second-order valence-electron chi connectivity index (χ2n) is 7.27. The van der Waals surface area contributed by atoms with Gasteiger partial charge in [-0.2, -0.15) is 4.31 Å². The lowest BCUT2D eigenvalue weighted by molar-refractivity contribution is 0.292. The highest BCUT2D eigenvalue weighted by atomic mass is 32.2. The number of fused-ring (bicyclic) bond motifs is 1. The van der Waals surface area contributed by atoms with E-state index in [2.05, 4.69) is 22.2 Å². The Hall–Kier alpha value is -1.90. The van der Waals surface area contributed by atoms with Crippen LogP contribution < -0.4 is 4.74 Å². The van der Waals surface area contributed by atoms with E-state index in [0.29, 0.717) is 24.6 Å². The fourth-order valence-corrected chi connectivity index (χ4v) is 5.59. The molecule has 0 N–H and O–H groups in total. The number of nitrogens with zero attached hydrogens (tertiary/aromatic N) is 3. The lowest BCUT2D eigenvalue weighted by Crippen LogP contribution is -2.33. The third kappa shape index (κ3) is 3.61. The molecule has 2 aromatic rings. The quantitative estimate of drug-likeness (QED) is 0.797. The summed E-state index contributed by atoms with van der Waals surface area (Å²) < 4.78 is 38.7. The summed E-state index contributed by atoms with van der Waals surface area (Å²) in [6, 6.07) is 6.12. The zero-order chi connectivity index (χ0) is 19.0. The number of aryl methyl sites for hydroxylation is 2. The Bertz CT molecular complexity index is 913. The van der Waals surface area contributed by atoms with E-state index in [1.54, 1.807) is 13.8 Å². The first-order valence-electron chi connectivity index (χ1n) is 9.35. The van der Waals surface area contributed by atoms with Gasteiger partial charge in [-0.1, -0.05) is 11.2 Å². The summed E-state index contributed by atoms with van der Waals surface area (Å²) in [4.78, 5) is 2.59. The Morgan fingerprint density at radius 1 is 1.15 bits per heavy atom. The summed E-state index contributed by atoms with van der Waals surface area (Å²) in [6.45, 7) is 7.33. The second kappa shape index (κ2) is 7.26. The highest BCUT2D eigenvalue weighted by Crippen LogP contribution is 2.30. The molecule has 2 aliphatic rings. The van der Waals surface area contributed by atoms with Crippen LogP contribution in [0.25, 0.3) is 0 Å². The van der Waals surface area contributed by atoms with Gasteiger partial charge in [0.2, 0.25) is 10.0 Å². The molecule has 0 bridgehead atoms. The van der Waals surface area contributed by atoms with Crippen LogP contribution in [0.2, 0.25) is 0 Å². The molecule has 7 nitrogen and oxygen atoms in total. The predicted molar refractivity (Wildman–Crippen MR) is 100 cm³/mol. The van der Waals surface area contributed by atoms with Crippen molar-refractivity contribution in [2.75, 3.05) is 26.2 Å². The molecule has 0 aliphatic carbocycles. The number of likely N-dealkylation sites (tertiary alicyclic amines) is 1. The van der Waals surface area contributed by atoms with Crippen LogP contribution in [-0.2, 0) is 23.1 Å². The molecule has 0 amide bonds. The molecule has 0 spiro atoms. The number of aromatic nitrogens is 1. The van der Waals surface area contributed by atoms with Gasteiger partial charge < -0.3 is 9.26 Å². The van der Waals surface area contributed by atoms with Crippen LogP contribution in [0.3, 0.4) is 0 Å². The average Bonchev–Trinajstić information content (AvgIpc) is 3.18. The molecule has 1 aromatic heterocycles. The maximum absolute atomic E-state index is 13.2. The Morgan fingerprint density at radius 3 is 2.63 bits per heavy atom. The number of rotatable bonds is 4. The summed E-state index contributed by atoms with van der Waals surface area (Å²) in [5.41, 5.74) is 2.48. The average molecular weight is 391 g/mol. The van der Waals surface area contributed by atoms with E-state index in [-0.39, 0.29) is 11.4 Å². The van der Waals surface area contributed by atoms with Gasteiger partial charge in [-0.25, -0.2) is 8.42 Å². The minimum Gasteiger partial charge on any atom is -0.492 e. The molecular formula is C19H25N3O4S. The number of hydrogen-bond donors (Lipinski definition) is 0. The van der Waals surface area contributed by atoms with E-state index >= 15 is 0 Å². The van der Waals surface area contributed by atoms with Gasteiger partial charge in [-0.3, -0.25) is 4.90 Å². The summed E-state index contributed by atoms with van der Waals surface area (Å²) in [6.07, 6.45) is 2.50. The van der Waals surface area contributed by atoms with Crippen LogP contribution in [0.4, 0.5) is 0 Å². The van der Waals surface area contributed by atoms with E-state index in [0.717, 1.165) is 30.9 Å². The van der Waals surface area contributed by atoms with Crippen molar-refractivity contribution < 1.29 is 17.7 Å². The fraction of sp³-hybridized carbons (Fsp3) is 0.526. The minimum atomic E-state index is -3.69. The van der Waals surface area contributed by atoms with Crippen molar-refractivity contribution in [2.45, 2.75) is 44.7 Å². The molecule has 27 heavy (non-hydrogen) atoms. The minimum absolute atomic E-state index is 0.166. The van der Waals surface area contributed by atoms with Gasteiger partial charge >= 0.3 is 0 Å². The zero-order valence-electron chi connectivity index (χ0n) is 15.8. The molecule has 1 fully saturated rings. The molecular weight excluding hydrogens is 366 g/mol. The zero-order valence-corrected chi connectivity index (χ0v) is 16.6. The standard InChI is InChI=1S/C19H25N3O4S/c1-14-19(15(2)26-20-14)27(23,24)22-9-10-25-18-6-5-16(11-17(18)13-22)12-21-7-3-4-8-21/h5-6,11H,3-4,7-10,12-13H2,1-2H3. The molecule has 3 heterocycles. The molecule has 4 rings (SSSR count). The van der Waals surface area contributed by atoms with E-state index in [1.165, 1.54) is 22.7 Å². The van der Waals surface area contributed by atoms with Crippen molar-refractivity contribution in [3.8, 4) is 5.75 Å². The van der Waals surface area contributed by atoms with Crippen molar-refractivity contribution >= 4 is 10.0 Å². The first-order valence-corrected chi connectivity index (χ1v) is 10.8. The van der Waals surface area contributed by atoms with Gasteiger partial charge in [-0.15, -0.1) is 0 Å². The molecule has 0 radical (unpaired) electrons. The Labute approximate surface area is 159 Å². The molecule has 2 aliphatic heterocycles. The van der Waals surface area contributed by atoms with Gasteiger partial charge in [0.1, 0.15) is 22.9 Å². The topological polar surface area (TPSA) is 75.9 Å². The summed E-state index contributed by atoms with van der Waals surface area (Å²) in [5, 5.41) is 3.80.